The summed E-state index contributed by atoms with van der Waals surface area (Å²) >= 11 is 0. The SMILES string of the molecule is CCCCCCCCCCCCCCN(CP(=O)([O-])[O-])CP(=O)([O-])[O-].[Na+].[Na+].[Na+].[Na+]. The van der Waals surface area contributed by atoms with Gasteiger partial charge in [-0.2, -0.15) is 0 Å². The summed E-state index contributed by atoms with van der Waals surface area (Å²) in [5, 5.41) is 0. The van der Waals surface area contributed by atoms with Gasteiger partial charge in [0.2, 0.25) is 0 Å². The Morgan fingerprint density at radius 2 is 0.828 bits per heavy atom. The second kappa shape index (κ2) is 26.9. The molecule has 0 amide bonds. The quantitative estimate of drug-likeness (QED) is 0.113. The van der Waals surface area contributed by atoms with E-state index >= 15 is 0 Å². The van der Waals surface area contributed by atoms with Gasteiger partial charge in [-0.15, -0.1) is 0 Å². The summed E-state index contributed by atoms with van der Waals surface area (Å²) in [4.78, 5) is 44.1. The normalized spacial score (nSPS) is 11.1. The second-order valence-corrected chi connectivity index (χ2v) is 9.80. The minimum absolute atomic E-state index is 0. The van der Waals surface area contributed by atoms with Crippen molar-refractivity contribution < 1.29 is 147 Å². The number of rotatable bonds is 17. The first-order valence-electron chi connectivity index (χ1n) is 9.38. The molecular formula is C16H33NNa4O6P2. The van der Waals surface area contributed by atoms with Crippen molar-refractivity contribution in [1.82, 2.24) is 4.90 Å². The van der Waals surface area contributed by atoms with Crippen LogP contribution in [0.2, 0.25) is 0 Å². The van der Waals surface area contributed by atoms with E-state index in [1.165, 1.54) is 51.4 Å². The van der Waals surface area contributed by atoms with Crippen molar-refractivity contribution in [3.05, 3.63) is 0 Å². The number of hydrogen-bond donors (Lipinski definition) is 0. The summed E-state index contributed by atoms with van der Waals surface area (Å²) in [7, 11) is -9.73. The van der Waals surface area contributed by atoms with Crippen LogP contribution in [0.15, 0.2) is 0 Å². The average molecular weight is 489 g/mol. The molecule has 152 valence electrons. The number of unbranched alkanes of at least 4 members (excludes halogenated alkanes) is 11. The van der Waals surface area contributed by atoms with E-state index in [4.69, 9.17) is 0 Å². The van der Waals surface area contributed by atoms with Crippen molar-refractivity contribution in [2.45, 2.75) is 84.0 Å². The van der Waals surface area contributed by atoms with E-state index in [0.29, 0.717) is 6.42 Å². The third kappa shape index (κ3) is 37.0. The molecule has 0 unspecified atom stereocenters. The third-order valence-corrected chi connectivity index (χ3v) is 5.57. The molecule has 0 aliphatic heterocycles. The first-order valence-corrected chi connectivity index (χ1v) is 12.8. The van der Waals surface area contributed by atoms with Crippen LogP contribution >= 0.6 is 15.2 Å². The minimum Gasteiger partial charge on any atom is -0.810 e. The fourth-order valence-electron chi connectivity index (χ4n) is 2.85. The predicted molar refractivity (Wildman–Crippen MR) is 92.7 cm³/mol. The molecule has 0 aliphatic rings. The molecule has 0 atom stereocenters. The van der Waals surface area contributed by atoms with Gasteiger partial charge in [0.1, 0.15) is 0 Å². The van der Waals surface area contributed by atoms with Crippen molar-refractivity contribution in [3.63, 3.8) is 0 Å². The summed E-state index contributed by atoms with van der Waals surface area (Å²) < 4.78 is 21.6. The summed E-state index contributed by atoms with van der Waals surface area (Å²) in [5.41, 5.74) is 0. The zero-order chi connectivity index (χ0) is 19.2. The van der Waals surface area contributed by atoms with Crippen LogP contribution in [0.5, 0.6) is 0 Å². The molecule has 0 fully saturated rings. The molecule has 29 heavy (non-hydrogen) atoms. The zero-order valence-corrected chi connectivity index (χ0v) is 29.2. The molecule has 0 heterocycles. The van der Waals surface area contributed by atoms with Crippen molar-refractivity contribution in [3.8, 4) is 0 Å². The molecule has 0 radical (unpaired) electrons. The van der Waals surface area contributed by atoms with E-state index in [2.05, 4.69) is 6.92 Å². The van der Waals surface area contributed by atoms with Gasteiger partial charge >= 0.3 is 118 Å². The largest absolute Gasteiger partial charge is 1.00 e. The first kappa shape index (κ1) is 43.3. The maximum Gasteiger partial charge on any atom is 1.00 e. The smallest absolute Gasteiger partial charge is 0.810 e. The van der Waals surface area contributed by atoms with Crippen molar-refractivity contribution in [1.29, 1.82) is 0 Å². The molecular weight excluding hydrogens is 456 g/mol. The molecule has 0 saturated carbocycles. The van der Waals surface area contributed by atoms with Gasteiger partial charge in [-0.3, -0.25) is 4.90 Å². The van der Waals surface area contributed by atoms with E-state index in [0.717, 1.165) is 24.2 Å². The van der Waals surface area contributed by atoms with E-state index in [1.807, 2.05) is 0 Å². The van der Waals surface area contributed by atoms with Crippen LogP contribution in [-0.4, -0.2) is 24.0 Å². The van der Waals surface area contributed by atoms with E-state index < -0.39 is 27.8 Å². The predicted octanol–water partition coefficient (Wildman–Crippen LogP) is -10.3. The maximum absolute atomic E-state index is 10.8. The van der Waals surface area contributed by atoms with Gasteiger partial charge in [-0.1, -0.05) is 92.7 Å². The molecule has 0 aromatic carbocycles. The molecule has 0 aromatic rings. The fourth-order valence-corrected chi connectivity index (χ4v) is 4.47. The van der Waals surface area contributed by atoms with Gasteiger partial charge in [0.15, 0.2) is 0 Å². The molecule has 0 aromatic heterocycles. The van der Waals surface area contributed by atoms with Crippen LogP contribution in [-0.2, 0) is 9.13 Å². The van der Waals surface area contributed by atoms with Crippen LogP contribution in [0.25, 0.3) is 0 Å². The van der Waals surface area contributed by atoms with Gasteiger partial charge in [0, 0.05) is 12.6 Å². The Morgan fingerprint density at radius 3 is 1.10 bits per heavy atom. The van der Waals surface area contributed by atoms with Crippen LogP contribution in [0.4, 0.5) is 0 Å². The average Bonchev–Trinajstić information content (AvgIpc) is 2.45. The molecule has 0 aliphatic carbocycles. The standard InChI is InChI=1S/C16H37NO6P2.4Na/c1-2-3-4-5-6-7-8-9-10-11-12-13-14-17(15-24(18,19)20)16-25(21,22)23;;;;/h2-16H2,1H3,(H2,18,19,20)(H2,21,22,23);;;;/q;4*+1/p-4. The van der Waals surface area contributed by atoms with Gasteiger partial charge in [-0.05, 0) is 13.0 Å². The summed E-state index contributed by atoms with van der Waals surface area (Å²) in [6, 6.07) is 0. The van der Waals surface area contributed by atoms with Crippen molar-refractivity contribution in [2.24, 2.45) is 0 Å². The van der Waals surface area contributed by atoms with Gasteiger partial charge < -0.3 is 28.7 Å². The van der Waals surface area contributed by atoms with Crippen LogP contribution in [0.1, 0.15) is 84.0 Å². The van der Waals surface area contributed by atoms with Crippen LogP contribution < -0.4 is 138 Å². The van der Waals surface area contributed by atoms with Gasteiger partial charge in [0.05, 0.1) is 0 Å². The monoisotopic (exact) mass is 489 g/mol. The van der Waals surface area contributed by atoms with Gasteiger partial charge in [-0.25, -0.2) is 0 Å². The molecule has 7 nitrogen and oxygen atoms in total. The molecule has 0 rings (SSSR count). The van der Waals surface area contributed by atoms with Gasteiger partial charge in [0.25, 0.3) is 0 Å². The topological polar surface area (TPSA) is 130 Å². The Bertz CT molecular complexity index is 402. The zero-order valence-electron chi connectivity index (χ0n) is 19.4. The minimum atomic E-state index is -4.87. The summed E-state index contributed by atoms with van der Waals surface area (Å²) in [6.07, 6.45) is 11.9. The molecule has 0 saturated heterocycles. The summed E-state index contributed by atoms with van der Waals surface area (Å²) in [5.74, 6) is 0. The Kier molecular flexibility index (Phi) is 40.1. The third-order valence-electron chi connectivity index (χ3n) is 4.07. The second-order valence-electron chi connectivity index (χ2n) is 6.79. The molecule has 0 bridgehead atoms. The first-order chi connectivity index (χ1) is 11.6. The van der Waals surface area contributed by atoms with Crippen LogP contribution in [0.3, 0.4) is 0 Å². The molecule has 13 heteroatoms. The Morgan fingerprint density at radius 1 is 0.552 bits per heavy atom. The van der Waals surface area contributed by atoms with Crippen molar-refractivity contribution >= 4 is 15.2 Å². The Balaban J connectivity index is -0.000000480. The van der Waals surface area contributed by atoms with E-state index in [9.17, 15) is 28.7 Å². The van der Waals surface area contributed by atoms with Crippen molar-refractivity contribution in [2.75, 3.05) is 19.1 Å². The molecule has 0 N–H and O–H groups in total. The van der Waals surface area contributed by atoms with E-state index in [-0.39, 0.29) is 125 Å². The van der Waals surface area contributed by atoms with Crippen LogP contribution in [0, 0.1) is 0 Å². The van der Waals surface area contributed by atoms with E-state index in [1.54, 1.807) is 0 Å². The number of nitrogens with zero attached hydrogens (tertiary/aromatic N) is 1. The Labute approximate surface area is 266 Å². The Hall–Kier alpha value is 4.26. The molecule has 0 spiro atoms. The maximum atomic E-state index is 10.8. The summed E-state index contributed by atoms with van der Waals surface area (Å²) in [6.45, 7) is 2.35. The number of hydrogen-bond acceptors (Lipinski definition) is 7. The fraction of sp³-hybridized carbons (Fsp3) is 1.00.